The summed E-state index contributed by atoms with van der Waals surface area (Å²) >= 11 is 0. The number of amides is 2. The monoisotopic (exact) mass is 335 g/mol. The molecule has 0 bridgehead atoms. The third-order valence-electron chi connectivity index (χ3n) is 3.23. The fourth-order valence-electron chi connectivity index (χ4n) is 2.25. The lowest BCUT2D eigenvalue weighted by Crippen LogP contribution is -2.44. The fraction of sp³-hybridized carbons (Fsp3) is 0.611. The third kappa shape index (κ3) is 6.98. The molecule has 0 fully saturated rings. The Hall–Kier alpha value is -2.11. The van der Waals surface area contributed by atoms with E-state index < -0.39 is 11.7 Å². The summed E-state index contributed by atoms with van der Waals surface area (Å²) in [5.41, 5.74) is 0.400. The van der Waals surface area contributed by atoms with Gasteiger partial charge in [0, 0.05) is 25.8 Å². The first-order chi connectivity index (χ1) is 10.9. The summed E-state index contributed by atoms with van der Waals surface area (Å²) < 4.78 is 5.23. The van der Waals surface area contributed by atoms with Gasteiger partial charge in [0.15, 0.2) is 0 Å². The molecular formula is C18H29N3O3. The number of hydrogen-bond donors (Lipinski definition) is 1. The van der Waals surface area contributed by atoms with E-state index in [9.17, 15) is 9.59 Å². The molecule has 0 atom stereocenters. The number of aromatic nitrogens is 1. The Morgan fingerprint density at radius 3 is 2.38 bits per heavy atom. The number of nitrogens with zero attached hydrogens (tertiary/aromatic N) is 2. The van der Waals surface area contributed by atoms with Gasteiger partial charge in [0.2, 0.25) is 0 Å². The Morgan fingerprint density at radius 1 is 1.21 bits per heavy atom. The van der Waals surface area contributed by atoms with Gasteiger partial charge in [-0.05, 0) is 45.2 Å². The largest absolute Gasteiger partial charge is 0.444 e. The molecular weight excluding hydrogens is 306 g/mol. The van der Waals surface area contributed by atoms with Crippen LogP contribution in [0, 0.1) is 12.3 Å². The molecule has 0 radical (unpaired) electrons. The van der Waals surface area contributed by atoms with Gasteiger partial charge in [-0.2, -0.15) is 0 Å². The maximum absolute atomic E-state index is 12.5. The molecule has 0 aliphatic rings. The van der Waals surface area contributed by atoms with Crippen LogP contribution in [0.1, 0.15) is 50.8 Å². The second-order valence-corrected chi connectivity index (χ2v) is 7.85. The van der Waals surface area contributed by atoms with E-state index in [4.69, 9.17) is 4.74 Å². The highest BCUT2D eigenvalue weighted by Gasteiger charge is 2.25. The maximum Gasteiger partial charge on any atom is 0.407 e. The van der Waals surface area contributed by atoms with E-state index in [0.29, 0.717) is 18.8 Å². The van der Waals surface area contributed by atoms with E-state index in [1.165, 1.54) is 0 Å². The molecule has 2 amide bonds. The Kier molecular flexibility index (Phi) is 6.35. The van der Waals surface area contributed by atoms with Gasteiger partial charge in [0.1, 0.15) is 11.3 Å². The number of nitrogens with one attached hydrogen (secondary N) is 1. The minimum Gasteiger partial charge on any atom is -0.444 e. The van der Waals surface area contributed by atoms with Crippen molar-refractivity contribution in [1.29, 1.82) is 0 Å². The van der Waals surface area contributed by atoms with Crippen molar-refractivity contribution < 1.29 is 14.3 Å². The molecule has 1 N–H and O–H groups in total. The van der Waals surface area contributed by atoms with E-state index in [2.05, 4.69) is 10.3 Å². The first-order valence-electron chi connectivity index (χ1n) is 8.06. The van der Waals surface area contributed by atoms with Gasteiger partial charge in [-0.1, -0.05) is 19.9 Å². The van der Waals surface area contributed by atoms with Crippen LogP contribution >= 0.6 is 0 Å². The predicted molar refractivity (Wildman–Crippen MR) is 94.0 cm³/mol. The number of carbonyl (C=O) groups is 2. The Morgan fingerprint density at radius 2 is 1.83 bits per heavy atom. The Balaban J connectivity index is 2.59. The van der Waals surface area contributed by atoms with Crippen LogP contribution in [0.15, 0.2) is 18.2 Å². The van der Waals surface area contributed by atoms with Crippen molar-refractivity contribution in [3.05, 3.63) is 29.6 Å². The molecule has 24 heavy (non-hydrogen) atoms. The molecule has 0 aliphatic heterocycles. The molecule has 134 valence electrons. The second-order valence-electron chi connectivity index (χ2n) is 7.85. The van der Waals surface area contributed by atoms with E-state index in [-0.39, 0.29) is 11.3 Å². The Labute approximate surface area is 144 Å². The summed E-state index contributed by atoms with van der Waals surface area (Å²) in [6.45, 7) is 12.2. The molecule has 6 heteroatoms. The van der Waals surface area contributed by atoms with Crippen LogP contribution in [0.25, 0.3) is 0 Å². The van der Waals surface area contributed by atoms with E-state index >= 15 is 0 Å². The van der Waals surface area contributed by atoms with Gasteiger partial charge < -0.3 is 15.0 Å². The summed E-state index contributed by atoms with van der Waals surface area (Å²) in [6, 6.07) is 5.38. The van der Waals surface area contributed by atoms with Gasteiger partial charge >= 0.3 is 6.09 Å². The van der Waals surface area contributed by atoms with Gasteiger partial charge in [-0.3, -0.25) is 4.79 Å². The lowest BCUT2D eigenvalue weighted by molar-refractivity contribution is 0.0495. The summed E-state index contributed by atoms with van der Waals surface area (Å²) in [7, 11) is 1.74. The molecule has 0 saturated carbocycles. The molecule has 0 saturated heterocycles. The van der Waals surface area contributed by atoms with Crippen molar-refractivity contribution in [3.8, 4) is 0 Å². The maximum atomic E-state index is 12.5. The number of alkyl carbamates (subject to hydrolysis) is 1. The number of ether oxygens (including phenoxy) is 1. The zero-order chi connectivity index (χ0) is 18.5. The topological polar surface area (TPSA) is 71.5 Å². The van der Waals surface area contributed by atoms with Crippen LogP contribution in [-0.2, 0) is 4.74 Å². The second kappa shape index (κ2) is 7.64. The molecule has 1 aromatic heterocycles. The molecule has 6 nitrogen and oxygen atoms in total. The quantitative estimate of drug-likeness (QED) is 0.898. The van der Waals surface area contributed by atoms with E-state index in [1.807, 2.05) is 53.7 Å². The molecule has 0 unspecified atom stereocenters. The molecule has 1 rings (SSSR count). The van der Waals surface area contributed by atoms with Gasteiger partial charge in [-0.15, -0.1) is 0 Å². The third-order valence-corrected chi connectivity index (χ3v) is 3.23. The van der Waals surface area contributed by atoms with Crippen LogP contribution < -0.4 is 5.32 Å². The average molecular weight is 335 g/mol. The highest BCUT2D eigenvalue weighted by molar-refractivity contribution is 5.92. The standard InChI is InChI=1S/C18H29N3O3/c1-13-9-8-10-14(20-13)15(22)21(7)12-18(5,6)11-19-16(23)24-17(2,3)4/h8-10H,11-12H2,1-7H3,(H,19,23). The van der Waals surface area contributed by atoms with Gasteiger partial charge in [0.25, 0.3) is 5.91 Å². The predicted octanol–water partition coefficient (Wildman–Crippen LogP) is 3.01. The van der Waals surface area contributed by atoms with Crippen molar-refractivity contribution in [3.63, 3.8) is 0 Å². The number of carbonyl (C=O) groups excluding carboxylic acids is 2. The first-order valence-corrected chi connectivity index (χ1v) is 8.06. The number of hydrogen-bond acceptors (Lipinski definition) is 4. The van der Waals surface area contributed by atoms with Crippen molar-refractivity contribution in [2.75, 3.05) is 20.1 Å². The summed E-state index contributed by atoms with van der Waals surface area (Å²) in [6.07, 6.45) is -0.454. The molecule has 1 heterocycles. The van der Waals surface area contributed by atoms with Crippen molar-refractivity contribution in [1.82, 2.24) is 15.2 Å². The fourth-order valence-corrected chi connectivity index (χ4v) is 2.25. The smallest absolute Gasteiger partial charge is 0.407 e. The lowest BCUT2D eigenvalue weighted by atomic mass is 9.92. The minimum atomic E-state index is -0.530. The Bertz CT molecular complexity index is 591. The summed E-state index contributed by atoms with van der Waals surface area (Å²) in [5, 5.41) is 2.76. The minimum absolute atomic E-state index is 0.135. The van der Waals surface area contributed by atoms with Crippen LogP contribution in [-0.4, -0.2) is 47.6 Å². The highest BCUT2D eigenvalue weighted by Crippen LogP contribution is 2.17. The van der Waals surface area contributed by atoms with Gasteiger partial charge in [0.05, 0.1) is 0 Å². The summed E-state index contributed by atoms with van der Waals surface area (Å²) in [4.78, 5) is 30.1. The van der Waals surface area contributed by atoms with Gasteiger partial charge in [-0.25, -0.2) is 9.78 Å². The molecule has 1 aromatic rings. The first kappa shape index (κ1) is 19.9. The number of pyridine rings is 1. The number of aryl methyl sites for hydroxylation is 1. The SMILES string of the molecule is Cc1cccc(C(=O)N(C)CC(C)(C)CNC(=O)OC(C)(C)C)n1. The molecule has 0 aliphatic carbocycles. The summed E-state index contributed by atoms with van der Waals surface area (Å²) in [5.74, 6) is -0.135. The highest BCUT2D eigenvalue weighted by atomic mass is 16.6. The van der Waals surface area contributed by atoms with Crippen molar-refractivity contribution in [2.24, 2.45) is 5.41 Å². The van der Waals surface area contributed by atoms with E-state index in [0.717, 1.165) is 5.69 Å². The molecule has 0 aromatic carbocycles. The normalized spacial score (nSPS) is 11.8. The van der Waals surface area contributed by atoms with Crippen LogP contribution in [0.4, 0.5) is 4.79 Å². The average Bonchev–Trinajstić information content (AvgIpc) is 2.42. The van der Waals surface area contributed by atoms with Crippen LogP contribution in [0.3, 0.4) is 0 Å². The zero-order valence-corrected chi connectivity index (χ0v) is 15.8. The van der Waals surface area contributed by atoms with Crippen LogP contribution in [0.2, 0.25) is 0 Å². The molecule has 0 spiro atoms. The lowest BCUT2D eigenvalue weighted by Gasteiger charge is -2.31. The zero-order valence-electron chi connectivity index (χ0n) is 15.8. The van der Waals surface area contributed by atoms with Crippen LogP contribution in [0.5, 0.6) is 0 Å². The number of rotatable bonds is 5. The van der Waals surface area contributed by atoms with Crippen molar-refractivity contribution >= 4 is 12.0 Å². The van der Waals surface area contributed by atoms with Crippen molar-refractivity contribution in [2.45, 2.75) is 47.1 Å². The van der Waals surface area contributed by atoms with E-state index in [1.54, 1.807) is 18.0 Å².